The van der Waals surface area contributed by atoms with Gasteiger partial charge in [0.1, 0.15) is 11.8 Å². The number of nitrogens with zero attached hydrogens (tertiary/aromatic N) is 5. The molecule has 1 aliphatic heterocycles. The number of likely N-dealkylation sites (tertiary alicyclic amines) is 1. The van der Waals surface area contributed by atoms with Crippen molar-refractivity contribution in [2.24, 2.45) is 5.73 Å². The van der Waals surface area contributed by atoms with Gasteiger partial charge in [0.25, 0.3) is 0 Å². The SMILES string of the molecule is CN(CC(=O)N1CCCC(N)C1)c1ncnc2nc[nH]c12.Cl.Cl. The van der Waals surface area contributed by atoms with Gasteiger partial charge in [-0.25, -0.2) is 15.0 Å². The Bertz CT molecular complexity index is 650. The Morgan fingerprint density at radius 3 is 2.96 bits per heavy atom. The summed E-state index contributed by atoms with van der Waals surface area (Å²) in [7, 11) is 1.84. The first-order valence-electron chi connectivity index (χ1n) is 7.03. The van der Waals surface area contributed by atoms with Crippen molar-refractivity contribution in [1.29, 1.82) is 0 Å². The van der Waals surface area contributed by atoms with Gasteiger partial charge in [-0.15, -0.1) is 24.8 Å². The molecule has 0 radical (unpaired) electrons. The maximum absolute atomic E-state index is 12.4. The lowest BCUT2D eigenvalue weighted by Crippen LogP contribution is -2.48. The number of aromatic nitrogens is 4. The van der Waals surface area contributed by atoms with E-state index in [1.54, 1.807) is 6.33 Å². The number of imidazole rings is 1. The lowest BCUT2D eigenvalue weighted by atomic mass is 10.1. The molecular weight excluding hydrogens is 341 g/mol. The standard InChI is InChI=1S/C13H19N7O.2ClH/c1-19(6-10(21)20-4-2-3-9(14)5-20)13-11-12(16-7-15-11)17-8-18-13;;/h7-9H,2-6,14H2,1H3,(H,15,16,17,18);2*1H. The number of nitrogens with two attached hydrogens (primary N) is 1. The van der Waals surface area contributed by atoms with Crippen molar-refractivity contribution in [3.05, 3.63) is 12.7 Å². The third-order valence-corrected chi connectivity index (χ3v) is 3.75. The Labute approximate surface area is 146 Å². The summed E-state index contributed by atoms with van der Waals surface area (Å²) in [6, 6.07) is 0.0892. The molecule has 3 N–H and O–H groups in total. The van der Waals surface area contributed by atoms with Crippen molar-refractivity contribution in [3.8, 4) is 0 Å². The summed E-state index contributed by atoms with van der Waals surface area (Å²) in [5, 5.41) is 0. The molecule has 10 heteroatoms. The Kier molecular flexibility index (Phi) is 6.99. The van der Waals surface area contributed by atoms with E-state index in [4.69, 9.17) is 5.73 Å². The van der Waals surface area contributed by atoms with E-state index in [1.807, 2.05) is 16.8 Å². The number of halogens is 2. The molecule has 2 aromatic rings. The van der Waals surface area contributed by atoms with Crippen LogP contribution in [0.15, 0.2) is 12.7 Å². The van der Waals surface area contributed by atoms with E-state index in [-0.39, 0.29) is 43.3 Å². The highest BCUT2D eigenvalue weighted by Gasteiger charge is 2.23. The zero-order valence-electron chi connectivity index (χ0n) is 12.8. The third kappa shape index (κ3) is 4.21. The lowest BCUT2D eigenvalue weighted by molar-refractivity contribution is -0.130. The van der Waals surface area contributed by atoms with Crippen LogP contribution in [0.4, 0.5) is 5.82 Å². The molecular formula is C13H21Cl2N7O. The number of aromatic amines is 1. The Morgan fingerprint density at radius 2 is 2.22 bits per heavy atom. The molecule has 1 fully saturated rings. The predicted molar refractivity (Wildman–Crippen MR) is 93.2 cm³/mol. The van der Waals surface area contributed by atoms with Crippen LogP contribution in [0.25, 0.3) is 11.2 Å². The maximum Gasteiger partial charge on any atom is 0.242 e. The first-order valence-corrected chi connectivity index (χ1v) is 7.03. The second kappa shape index (κ2) is 8.28. The fraction of sp³-hybridized carbons (Fsp3) is 0.538. The van der Waals surface area contributed by atoms with Crippen LogP contribution in [0.1, 0.15) is 12.8 Å². The van der Waals surface area contributed by atoms with E-state index in [0.717, 1.165) is 24.9 Å². The van der Waals surface area contributed by atoms with E-state index >= 15 is 0 Å². The highest BCUT2D eigenvalue weighted by atomic mass is 35.5. The molecule has 1 saturated heterocycles. The second-order valence-corrected chi connectivity index (χ2v) is 5.40. The zero-order valence-corrected chi connectivity index (χ0v) is 14.4. The van der Waals surface area contributed by atoms with Gasteiger partial charge in [-0.3, -0.25) is 4.79 Å². The number of fused-ring (bicyclic) bond motifs is 1. The Balaban J connectivity index is 0.00000132. The number of amides is 1. The normalized spacial score (nSPS) is 17.3. The number of anilines is 1. The van der Waals surface area contributed by atoms with Crippen LogP contribution in [0.3, 0.4) is 0 Å². The summed E-state index contributed by atoms with van der Waals surface area (Å²) in [5.74, 6) is 0.742. The summed E-state index contributed by atoms with van der Waals surface area (Å²) < 4.78 is 0. The molecule has 0 bridgehead atoms. The molecule has 0 aliphatic carbocycles. The van der Waals surface area contributed by atoms with Gasteiger partial charge >= 0.3 is 0 Å². The molecule has 0 spiro atoms. The summed E-state index contributed by atoms with van der Waals surface area (Å²) in [6.45, 7) is 1.68. The fourth-order valence-electron chi connectivity index (χ4n) is 2.66. The minimum atomic E-state index is 0. The average Bonchev–Trinajstić information content (AvgIpc) is 2.95. The molecule has 3 heterocycles. The van der Waals surface area contributed by atoms with E-state index < -0.39 is 0 Å². The van der Waals surface area contributed by atoms with E-state index in [1.165, 1.54) is 6.33 Å². The number of likely N-dealkylation sites (N-methyl/N-ethyl adjacent to an activating group) is 1. The predicted octanol–water partition coefficient (Wildman–Crippen LogP) is 0.582. The smallest absolute Gasteiger partial charge is 0.242 e. The summed E-state index contributed by atoms with van der Waals surface area (Å²) >= 11 is 0. The molecule has 1 aliphatic rings. The van der Waals surface area contributed by atoms with Crippen LogP contribution < -0.4 is 10.6 Å². The van der Waals surface area contributed by atoms with Gasteiger partial charge in [-0.1, -0.05) is 0 Å². The van der Waals surface area contributed by atoms with Gasteiger partial charge < -0.3 is 20.5 Å². The van der Waals surface area contributed by atoms with Crippen molar-refractivity contribution < 1.29 is 4.79 Å². The Morgan fingerprint density at radius 1 is 1.43 bits per heavy atom. The summed E-state index contributed by atoms with van der Waals surface area (Å²) in [5.41, 5.74) is 7.26. The molecule has 8 nitrogen and oxygen atoms in total. The summed E-state index contributed by atoms with van der Waals surface area (Å²) in [4.78, 5) is 31.4. The Hall–Kier alpha value is -1.64. The van der Waals surface area contributed by atoms with Gasteiger partial charge in [0, 0.05) is 26.2 Å². The number of nitrogens with one attached hydrogen (secondary N) is 1. The van der Waals surface area contributed by atoms with Crippen molar-refractivity contribution in [2.45, 2.75) is 18.9 Å². The first kappa shape index (κ1) is 19.4. The molecule has 128 valence electrons. The fourth-order valence-corrected chi connectivity index (χ4v) is 2.66. The highest BCUT2D eigenvalue weighted by molar-refractivity contribution is 5.87. The molecule has 23 heavy (non-hydrogen) atoms. The molecule has 0 aromatic carbocycles. The van der Waals surface area contributed by atoms with E-state index in [9.17, 15) is 4.79 Å². The van der Waals surface area contributed by atoms with Crippen molar-refractivity contribution in [3.63, 3.8) is 0 Å². The highest BCUT2D eigenvalue weighted by Crippen LogP contribution is 2.18. The van der Waals surface area contributed by atoms with Gasteiger partial charge in [0.05, 0.1) is 12.9 Å². The minimum absolute atomic E-state index is 0. The minimum Gasteiger partial charge on any atom is -0.348 e. The van der Waals surface area contributed by atoms with E-state index in [0.29, 0.717) is 18.0 Å². The average molecular weight is 362 g/mol. The molecule has 1 unspecified atom stereocenters. The van der Waals surface area contributed by atoms with E-state index in [2.05, 4.69) is 19.9 Å². The molecule has 3 rings (SSSR count). The number of piperidine rings is 1. The molecule has 2 aromatic heterocycles. The van der Waals surface area contributed by atoms with Gasteiger partial charge in [-0.2, -0.15) is 0 Å². The lowest BCUT2D eigenvalue weighted by Gasteiger charge is -2.32. The number of H-pyrrole nitrogens is 1. The quantitative estimate of drug-likeness (QED) is 0.828. The molecule has 1 amide bonds. The second-order valence-electron chi connectivity index (χ2n) is 5.40. The number of hydrogen-bond donors (Lipinski definition) is 2. The van der Waals surface area contributed by atoms with Crippen LogP contribution in [0.2, 0.25) is 0 Å². The first-order chi connectivity index (χ1) is 10.1. The van der Waals surface area contributed by atoms with Crippen LogP contribution in [-0.2, 0) is 4.79 Å². The van der Waals surface area contributed by atoms with Crippen LogP contribution >= 0.6 is 24.8 Å². The van der Waals surface area contributed by atoms with Gasteiger partial charge in [0.15, 0.2) is 11.5 Å². The van der Waals surface area contributed by atoms with Crippen LogP contribution in [0.5, 0.6) is 0 Å². The van der Waals surface area contributed by atoms with Crippen molar-refractivity contribution in [1.82, 2.24) is 24.8 Å². The number of rotatable bonds is 3. The summed E-state index contributed by atoms with van der Waals surface area (Å²) in [6.07, 6.45) is 4.98. The number of carbonyl (C=O) groups is 1. The monoisotopic (exact) mass is 361 g/mol. The topological polar surface area (TPSA) is 104 Å². The number of hydrogen-bond acceptors (Lipinski definition) is 6. The largest absolute Gasteiger partial charge is 0.348 e. The van der Waals surface area contributed by atoms with Gasteiger partial charge in [-0.05, 0) is 12.8 Å². The molecule has 0 saturated carbocycles. The van der Waals surface area contributed by atoms with Gasteiger partial charge in [0.2, 0.25) is 5.91 Å². The zero-order chi connectivity index (χ0) is 14.8. The molecule has 1 atom stereocenters. The van der Waals surface area contributed by atoms with Crippen LogP contribution in [-0.4, -0.2) is 63.5 Å². The van der Waals surface area contributed by atoms with Crippen LogP contribution in [0, 0.1) is 0 Å². The maximum atomic E-state index is 12.4. The number of carbonyl (C=O) groups excluding carboxylic acids is 1. The third-order valence-electron chi connectivity index (χ3n) is 3.75. The van der Waals surface area contributed by atoms with Crippen molar-refractivity contribution >= 4 is 47.7 Å². The van der Waals surface area contributed by atoms with Crippen molar-refractivity contribution in [2.75, 3.05) is 31.6 Å².